The van der Waals surface area contributed by atoms with E-state index in [4.69, 9.17) is 4.74 Å². The van der Waals surface area contributed by atoms with Crippen LogP contribution in [0.1, 0.15) is 66.0 Å². The first kappa shape index (κ1) is 29.7. The van der Waals surface area contributed by atoms with Gasteiger partial charge in [0.25, 0.3) is 0 Å². The average Bonchev–Trinajstić information content (AvgIpc) is 2.77. The summed E-state index contributed by atoms with van der Waals surface area (Å²) in [6, 6.07) is 4.40. The number of ether oxygens (including phenoxy) is 2. The third kappa shape index (κ3) is 10.7. The van der Waals surface area contributed by atoms with Gasteiger partial charge in [0.15, 0.2) is 0 Å². The topological polar surface area (TPSA) is 134 Å². The largest absolute Gasteiger partial charge is 0.508 e. The van der Waals surface area contributed by atoms with Gasteiger partial charge < -0.3 is 30.1 Å². The van der Waals surface area contributed by atoms with Crippen molar-refractivity contribution >= 4 is 23.9 Å². The van der Waals surface area contributed by atoms with E-state index in [1.165, 1.54) is 36.3 Å². The van der Waals surface area contributed by atoms with E-state index in [0.29, 0.717) is 17.9 Å². The molecule has 2 atom stereocenters. The van der Waals surface area contributed by atoms with Gasteiger partial charge in [0.1, 0.15) is 30.5 Å². The molecule has 1 aromatic rings. The second kappa shape index (κ2) is 13.6. The van der Waals surface area contributed by atoms with E-state index in [1.807, 2.05) is 6.92 Å². The number of rotatable bonds is 11. The summed E-state index contributed by atoms with van der Waals surface area (Å²) in [5.41, 5.74) is -0.299. The number of hydrogen-bond acceptors (Lipinski definition) is 7. The highest BCUT2D eigenvalue weighted by molar-refractivity contribution is 5.92. The highest BCUT2D eigenvalue weighted by Gasteiger charge is 2.35. The van der Waals surface area contributed by atoms with E-state index < -0.39 is 35.5 Å². The molecule has 0 spiro atoms. The third-order valence-electron chi connectivity index (χ3n) is 5.08. The molecule has 2 unspecified atom stereocenters. The molecule has 0 saturated heterocycles. The van der Waals surface area contributed by atoms with Crippen LogP contribution in [0.25, 0.3) is 0 Å². The average molecular weight is 494 g/mol. The molecular weight excluding hydrogens is 454 g/mol. The van der Waals surface area contributed by atoms with Gasteiger partial charge in [-0.05, 0) is 64.2 Å². The number of carbonyl (C=O) groups is 4. The molecular formula is C25H39N3O7. The van der Waals surface area contributed by atoms with Crippen LogP contribution in [0.4, 0.5) is 4.79 Å². The number of hydrogen-bond donors (Lipinski definition) is 3. The Labute approximate surface area is 207 Å². The van der Waals surface area contributed by atoms with E-state index in [0.717, 1.165) is 6.42 Å². The van der Waals surface area contributed by atoms with Gasteiger partial charge in [-0.1, -0.05) is 26.0 Å². The maximum atomic E-state index is 13.4. The number of esters is 1. The van der Waals surface area contributed by atoms with Crippen molar-refractivity contribution in [3.63, 3.8) is 0 Å². The van der Waals surface area contributed by atoms with Crippen molar-refractivity contribution in [2.24, 2.45) is 5.92 Å². The number of nitrogens with one attached hydrogen (secondary N) is 2. The number of phenolic OH excluding ortho intramolecular Hbond substituents is 1. The molecule has 0 bridgehead atoms. The molecule has 0 aliphatic heterocycles. The van der Waals surface area contributed by atoms with Crippen LogP contribution >= 0.6 is 0 Å². The van der Waals surface area contributed by atoms with Crippen LogP contribution < -0.4 is 10.6 Å². The normalized spacial score (nSPS) is 12.9. The van der Waals surface area contributed by atoms with Crippen molar-refractivity contribution in [3.05, 3.63) is 29.8 Å². The molecule has 0 radical (unpaired) electrons. The SMILES string of the molecule is COC(=O)CNC(=O)C(c1ccc(O)cc1)N(C(=O)CNC(=O)OC(C)(C)C)C(C)CCC(C)C. The van der Waals surface area contributed by atoms with Gasteiger partial charge in [-0.2, -0.15) is 0 Å². The Morgan fingerprint density at radius 2 is 1.57 bits per heavy atom. The highest BCUT2D eigenvalue weighted by atomic mass is 16.6. The molecule has 3 amide bonds. The zero-order valence-electron chi connectivity index (χ0n) is 21.7. The van der Waals surface area contributed by atoms with Gasteiger partial charge in [-0.3, -0.25) is 14.4 Å². The Balaban J connectivity index is 3.31. The number of carbonyl (C=O) groups excluding carboxylic acids is 4. The van der Waals surface area contributed by atoms with Crippen molar-refractivity contribution < 1.29 is 33.8 Å². The number of phenols is 1. The molecule has 35 heavy (non-hydrogen) atoms. The van der Waals surface area contributed by atoms with E-state index in [9.17, 15) is 24.3 Å². The lowest BCUT2D eigenvalue weighted by Crippen LogP contribution is -2.51. The van der Waals surface area contributed by atoms with Gasteiger partial charge >= 0.3 is 12.1 Å². The van der Waals surface area contributed by atoms with E-state index in [1.54, 1.807) is 20.8 Å². The van der Waals surface area contributed by atoms with Crippen molar-refractivity contribution in [2.75, 3.05) is 20.2 Å². The zero-order chi connectivity index (χ0) is 26.8. The van der Waals surface area contributed by atoms with Crippen LogP contribution in [-0.2, 0) is 23.9 Å². The summed E-state index contributed by atoms with van der Waals surface area (Å²) in [6.07, 6.45) is 0.655. The maximum Gasteiger partial charge on any atom is 0.408 e. The van der Waals surface area contributed by atoms with Crippen molar-refractivity contribution in [1.82, 2.24) is 15.5 Å². The molecule has 0 aliphatic rings. The van der Waals surface area contributed by atoms with E-state index in [2.05, 4.69) is 29.2 Å². The zero-order valence-corrected chi connectivity index (χ0v) is 21.7. The fraction of sp³-hybridized carbons (Fsp3) is 0.600. The lowest BCUT2D eigenvalue weighted by atomic mass is 9.98. The standard InChI is InChI=1S/C25H39N3O7/c1-16(2)8-9-17(3)28(20(30)14-27-24(33)35-25(4,5)6)22(18-10-12-19(29)13-11-18)23(32)26-15-21(31)34-7/h10-13,16-17,22,29H,8-9,14-15H2,1-7H3,(H,26,32)(H,27,33). The first-order chi connectivity index (χ1) is 16.2. The second-order valence-corrected chi connectivity index (χ2v) is 9.76. The number of methoxy groups -OCH3 is 1. The minimum Gasteiger partial charge on any atom is -0.508 e. The Morgan fingerprint density at radius 1 is 0.971 bits per heavy atom. The number of alkyl carbamates (subject to hydrolysis) is 1. The Kier molecular flexibility index (Phi) is 11.5. The van der Waals surface area contributed by atoms with Crippen molar-refractivity contribution in [2.45, 2.75) is 72.1 Å². The molecule has 0 heterocycles. The summed E-state index contributed by atoms with van der Waals surface area (Å²) in [7, 11) is 1.21. The maximum absolute atomic E-state index is 13.4. The summed E-state index contributed by atoms with van der Waals surface area (Å²) >= 11 is 0. The molecule has 0 saturated carbocycles. The summed E-state index contributed by atoms with van der Waals surface area (Å²) in [5, 5.41) is 14.7. The molecule has 1 rings (SSSR count). The van der Waals surface area contributed by atoms with Crippen LogP contribution in [0.15, 0.2) is 24.3 Å². The van der Waals surface area contributed by atoms with Crippen LogP contribution in [0.2, 0.25) is 0 Å². The van der Waals surface area contributed by atoms with Crippen LogP contribution in [0, 0.1) is 5.92 Å². The Hall–Kier alpha value is -3.30. The molecule has 196 valence electrons. The van der Waals surface area contributed by atoms with Crippen molar-refractivity contribution in [1.29, 1.82) is 0 Å². The van der Waals surface area contributed by atoms with E-state index >= 15 is 0 Å². The number of aromatic hydroxyl groups is 1. The highest BCUT2D eigenvalue weighted by Crippen LogP contribution is 2.27. The summed E-state index contributed by atoms with van der Waals surface area (Å²) in [5.74, 6) is -1.36. The predicted molar refractivity (Wildman–Crippen MR) is 130 cm³/mol. The van der Waals surface area contributed by atoms with Gasteiger partial charge in [-0.15, -0.1) is 0 Å². The van der Waals surface area contributed by atoms with Crippen molar-refractivity contribution in [3.8, 4) is 5.75 Å². The first-order valence-corrected chi connectivity index (χ1v) is 11.7. The monoisotopic (exact) mass is 493 g/mol. The summed E-state index contributed by atoms with van der Waals surface area (Å²) in [6.45, 7) is 10.3. The van der Waals surface area contributed by atoms with Gasteiger partial charge in [0.05, 0.1) is 7.11 Å². The summed E-state index contributed by atoms with van der Waals surface area (Å²) in [4.78, 5) is 51.8. The number of benzene rings is 1. The number of amides is 3. The summed E-state index contributed by atoms with van der Waals surface area (Å²) < 4.78 is 9.81. The third-order valence-corrected chi connectivity index (χ3v) is 5.08. The lowest BCUT2D eigenvalue weighted by molar-refractivity contribution is -0.145. The smallest absolute Gasteiger partial charge is 0.408 e. The minimum absolute atomic E-state index is 0.000191. The minimum atomic E-state index is -1.12. The first-order valence-electron chi connectivity index (χ1n) is 11.7. The fourth-order valence-corrected chi connectivity index (χ4v) is 3.33. The fourth-order valence-electron chi connectivity index (χ4n) is 3.33. The van der Waals surface area contributed by atoms with Crippen LogP contribution in [0.3, 0.4) is 0 Å². The molecule has 10 nitrogen and oxygen atoms in total. The molecule has 0 fully saturated rings. The molecule has 1 aromatic carbocycles. The van der Waals surface area contributed by atoms with E-state index in [-0.39, 0.29) is 24.9 Å². The van der Waals surface area contributed by atoms with Crippen LogP contribution in [0.5, 0.6) is 5.75 Å². The Morgan fingerprint density at radius 3 is 2.09 bits per heavy atom. The quantitative estimate of drug-likeness (QED) is 0.404. The van der Waals surface area contributed by atoms with Gasteiger partial charge in [-0.25, -0.2) is 4.79 Å². The second-order valence-electron chi connectivity index (χ2n) is 9.76. The molecule has 0 aromatic heterocycles. The lowest BCUT2D eigenvalue weighted by Gasteiger charge is -2.36. The van der Waals surface area contributed by atoms with Crippen LogP contribution in [-0.4, -0.2) is 65.7 Å². The molecule has 0 aliphatic carbocycles. The predicted octanol–water partition coefficient (Wildman–Crippen LogP) is 2.90. The molecule has 3 N–H and O–H groups in total. The molecule has 10 heteroatoms. The Bertz CT molecular complexity index is 863. The number of nitrogens with zero attached hydrogens (tertiary/aromatic N) is 1. The van der Waals surface area contributed by atoms with Gasteiger partial charge in [0.2, 0.25) is 11.8 Å². The van der Waals surface area contributed by atoms with Gasteiger partial charge in [0, 0.05) is 6.04 Å².